The Bertz CT molecular complexity index is 705. The number of ether oxygens (including phenoxy) is 2. The van der Waals surface area contributed by atoms with E-state index in [9.17, 15) is 5.11 Å². The number of aliphatic hydroxyl groups is 1. The summed E-state index contributed by atoms with van der Waals surface area (Å²) in [5.74, 6) is 0.838. The van der Waals surface area contributed by atoms with Crippen LogP contribution in [0.3, 0.4) is 0 Å². The van der Waals surface area contributed by atoms with Crippen molar-refractivity contribution >= 4 is 17.0 Å². The lowest BCUT2D eigenvalue weighted by Gasteiger charge is -2.37. The van der Waals surface area contributed by atoms with Crippen molar-refractivity contribution in [1.82, 2.24) is 24.4 Å². The predicted octanol–water partition coefficient (Wildman–Crippen LogP) is 0.511. The molecule has 1 aliphatic heterocycles. The summed E-state index contributed by atoms with van der Waals surface area (Å²) >= 11 is 0. The molecule has 0 aliphatic carbocycles. The molecule has 0 saturated carbocycles. The van der Waals surface area contributed by atoms with Crippen molar-refractivity contribution in [2.45, 2.75) is 26.2 Å². The van der Waals surface area contributed by atoms with Gasteiger partial charge in [-0.05, 0) is 13.8 Å². The first-order chi connectivity index (χ1) is 12.7. The van der Waals surface area contributed by atoms with Crippen LogP contribution >= 0.6 is 0 Å². The summed E-state index contributed by atoms with van der Waals surface area (Å²) in [6.07, 6.45) is 2.82. The molecule has 0 aromatic carbocycles. The number of hydrogen-bond acceptors (Lipinski definition) is 8. The van der Waals surface area contributed by atoms with E-state index in [0.717, 1.165) is 36.6 Å². The maximum Gasteiger partial charge on any atom is 0.167 e. The molecule has 3 heterocycles. The number of imidazole rings is 1. The standard InChI is InChI=1S/C17H28N6O3/c1-4-22(5-2)16-15-17(19-11-18-16)23(12-20-15)14-9-21(6-7-25-3)8-13(10-24)26-14/h11-14,24H,4-10H2,1-3H3/t13-,14+/m0/s1. The fourth-order valence-electron chi connectivity index (χ4n) is 3.35. The van der Waals surface area contributed by atoms with Gasteiger partial charge in [-0.3, -0.25) is 9.47 Å². The normalized spacial score (nSPS) is 21.4. The molecule has 9 nitrogen and oxygen atoms in total. The average molecular weight is 364 g/mol. The molecule has 2 atom stereocenters. The van der Waals surface area contributed by atoms with Crippen LogP contribution in [0.1, 0.15) is 20.1 Å². The number of fused-ring (bicyclic) bond motifs is 1. The Morgan fingerprint density at radius 3 is 2.77 bits per heavy atom. The number of methoxy groups -OCH3 is 1. The Kier molecular flexibility index (Phi) is 6.36. The van der Waals surface area contributed by atoms with Crippen LogP contribution < -0.4 is 4.90 Å². The summed E-state index contributed by atoms with van der Waals surface area (Å²) in [5, 5.41) is 9.60. The van der Waals surface area contributed by atoms with Gasteiger partial charge in [-0.15, -0.1) is 0 Å². The highest BCUT2D eigenvalue weighted by atomic mass is 16.5. The van der Waals surface area contributed by atoms with Gasteiger partial charge in [0.05, 0.1) is 25.6 Å². The first-order valence-electron chi connectivity index (χ1n) is 9.11. The number of hydrogen-bond donors (Lipinski definition) is 1. The molecule has 0 radical (unpaired) electrons. The van der Waals surface area contributed by atoms with E-state index >= 15 is 0 Å². The second-order valence-corrected chi connectivity index (χ2v) is 6.34. The second kappa shape index (κ2) is 8.72. The van der Waals surface area contributed by atoms with Crippen LogP contribution in [0.5, 0.6) is 0 Å². The lowest BCUT2D eigenvalue weighted by atomic mass is 10.2. The lowest BCUT2D eigenvalue weighted by Crippen LogP contribution is -2.48. The molecule has 0 unspecified atom stereocenters. The van der Waals surface area contributed by atoms with Gasteiger partial charge in [-0.2, -0.15) is 0 Å². The minimum atomic E-state index is -0.262. The predicted molar refractivity (Wildman–Crippen MR) is 98.2 cm³/mol. The van der Waals surface area contributed by atoms with Gasteiger partial charge in [0, 0.05) is 39.8 Å². The topological polar surface area (TPSA) is 88.8 Å². The van der Waals surface area contributed by atoms with Crippen molar-refractivity contribution in [2.75, 3.05) is 57.9 Å². The van der Waals surface area contributed by atoms with Crippen LogP contribution in [0.2, 0.25) is 0 Å². The van der Waals surface area contributed by atoms with Crippen molar-refractivity contribution < 1.29 is 14.6 Å². The molecule has 2 aromatic heterocycles. The van der Waals surface area contributed by atoms with Crippen molar-refractivity contribution in [3.05, 3.63) is 12.7 Å². The summed E-state index contributed by atoms with van der Waals surface area (Å²) in [5.41, 5.74) is 1.52. The Balaban J connectivity index is 1.90. The average Bonchev–Trinajstić information content (AvgIpc) is 3.12. The van der Waals surface area contributed by atoms with E-state index in [2.05, 4.69) is 38.6 Å². The molecular weight excluding hydrogens is 336 g/mol. The fraction of sp³-hybridized carbons (Fsp3) is 0.706. The van der Waals surface area contributed by atoms with Gasteiger partial charge in [-0.1, -0.05) is 0 Å². The molecule has 1 fully saturated rings. The first kappa shape index (κ1) is 19.0. The number of anilines is 1. The van der Waals surface area contributed by atoms with E-state index in [1.807, 2.05) is 4.57 Å². The summed E-state index contributed by atoms with van der Waals surface area (Å²) in [7, 11) is 1.69. The molecule has 26 heavy (non-hydrogen) atoms. The molecule has 0 amide bonds. The van der Waals surface area contributed by atoms with Crippen molar-refractivity contribution in [3.8, 4) is 0 Å². The highest BCUT2D eigenvalue weighted by molar-refractivity contribution is 5.83. The van der Waals surface area contributed by atoms with Crippen LogP contribution in [0.25, 0.3) is 11.2 Å². The molecule has 0 bridgehead atoms. The van der Waals surface area contributed by atoms with Crippen molar-refractivity contribution in [1.29, 1.82) is 0 Å². The Labute approximate surface area is 153 Å². The van der Waals surface area contributed by atoms with Crippen LogP contribution in [-0.4, -0.2) is 88.7 Å². The molecule has 0 spiro atoms. The molecule has 1 aliphatic rings. The maximum absolute atomic E-state index is 9.60. The number of aliphatic hydroxyl groups excluding tert-OH is 1. The van der Waals surface area contributed by atoms with Gasteiger partial charge >= 0.3 is 0 Å². The van der Waals surface area contributed by atoms with E-state index in [1.54, 1.807) is 19.8 Å². The molecule has 1 saturated heterocycles. The van der Waals surface area contributed by atoms with Gasteiger partial charge in [0.25, 0.3) is 0 Å². The van der Waals surface area contributed by atoms with Crippen LogP contribution in [0.15, 0.2) is 12.7 Å². The Hall–Kier alpha value is -1.81. The number of aromatic nitrogens is 4. The summed E-state index contributed by atoms with van der Waals surface area (Å²) in [6, 6.07) is 0. The molecule has 1 N–H and O–H groups in total. The quantitative estimate of drug-likeness (QED) is 0.725. The third-order valence-corrected chi connectivity index (χ3v) is 4.75. The molecule has 9 heteroatoms. The number of rotatable bonds is 8. The van der Waals surface area contributed by atoms with E-state index in [4.69, 9.17) is 9.47 Å². The van der Waals surface area contributed by atoms with E-state index in [-0.39, 0.29) is 18.9 Å². The van der Waals surface area contributed by atoms with Crippen LogP contribution in [0, 0.1) is 0 Å². The minimum Gasteiger partial charge on any atom is -0.394 e. The van der Waals surface area contributed by atoms with Crippen LogP contribution in [0.4, 0.5) is 5.82 Å². The zero-order chi connectivity index (χ0) is 18.5. The highest BCUT2D eigenvalue weighted by Gasteiger charge is 2.30. The van der Waals surface area contributed by atoms with Gasteiger partial charge < -0.3 is 19.5 Å². The van der Waals surface area contributed by atoms with Gasteiger partial charge in [0.2, 0.25) is 0 Å². The maximum atomic E-state index is 9.60. The summed E-state index contributed by atoms with van der Waals surface area (Å²) < 4.78 is 13.2. The van der Waals surface area contributed by atoms with Gasteiger partial charge in [-0.25, -0.2) is 15.0 Å². The first-order valence-corrected chi connectivity index (χ1v) is 9.11. The summed E-state index contributed by atoms with van der Waals surface area (Å²) in [4.78, 5) is 17.8. The molecule has 144 valence electrons. The van der Waals surface area contributed by atoms with Crippen molar-refractivity contribution in [2.24, 2.45) is 0 Å². The number of nitrogens with zero attached hydrogens (tertiary/aromatic N) is 6. The third-order valence-electron chi connectivity index (χ3n) is 4.75. The molecule has 2 aromatic rings. The van der Waals surface area contributed by atoms with Crippen molar-refractivity contribution in [3.63, 3.8) is 0 Å². The zero-order valence-corrected chi connectivity index (χ0v) is 15.7. The molecular formula is C17H28N6O3. The van der Waals surface area contributed by atoms with Gasteiger partial charge in [0.1, 0.15) is 12.6 Å². The lowest BCUT2D eigenvalue weighted by molar-refractivity contribution is -0.135. The van der Waals surface area contributed by atoms with E-state index in [0.29, 0.717) is 19.7 Å². The van der Waals surface area contributed by atoms with Crippen LogP contribution in [-0.2, 0) is 9.47 Å². The Morgan fingerprint density at radius 2 is 2.08 bits per heavy atom. The smallest absolute Gasteiger partial charge is 0.167 e. The van der Waals surface area contributed by atoms with E-state index in [1.165, 1.54) is 0 Å². The second-order valence-electron chi connectivity index (χ2n) is 6.34. The highest BCUT2D eigenvalue weighted by Crippen LogP contribution is 2.27. The minimum absolute atomic E-state index is 0.0215. The molecule has 3 rings (SSSR count). The largest absolute Gasteiger partial charge is 0.394 e. The third kappa shape index (κ3) is 3.80. The summed E-state index contributed by atoms with van der Waals surface area (Å²) in [6.45, 7) is 8.68. The fourth-order valence-corrected chi connectivity index (χ4v) is 3.35. The van der Waals surface area contributed by atoms with Gasteiger partial charge in [0.15, 0.2) is 17.0 Å². The number of morpholine rings is 1. The zero-order valence-electron chi connectivity index (χ0n) is 15.7. The Morgan fingerprint density at radius 1 is 1.27 bits per heavy atom. The SMILES string of the molecule is CCN(CC)c1ncnc2c1ncn2[C@H]1CN(CCOC)C[C@@H](CO)O1. The van der Waals surface area contributed by atoms with E-state index < -0.39 is 0 Å². The monoisotopic (exact) mass is 364 g/mol.